The molecule has 0 spiro atoms. The Hall–Kier alpha value is 0.250. The number of rotatable bonds is 0. The SMILES string of the molecule is C[C@@]12CNCC1C2.Cl. The van der Waals surface area contributed by atoms with Gasteiger partial charge in [0, 0.05) is 6.54 Å². The molecule has 1 unspecified atom stereocenters. The van der Waals surface area contributed by atoms with Crippen molar-refractivity contribution in [3.8, 4) is 0 Å². The van der Waals surface area contributed by atoms with Gasteiger partial charge in [-0.3, -0.25) is 0 Å². The molecule has 8 heavy (non-hydrogen) atoms. The lowest BCUT2D eigenvalue weighted by molar-refractivity contribution is 0.576. The topological polar surface area (TPSA) is 12.0 Å². The first-order valence-corrected chi connectivity index (χ1v) is 3.02. The third-order valence-corrected chi connectivity index (χ3v) is 2.46. The Morgan fingerprint density at radius 1 is 1.62 bits per heavy atom. The molecule has 48 valence electrons. The van der Waals surface area contributed by atoms with E-state index < -0.39 is 0 Å². The summed E-state index contributed by atoms with van der Waals surface area (Å²) < 4.78 is 0. The predicted octanol–water partition coefficient (Wildman–Crippen LogP) is 1.04. The van der Waals surface area contributed by atoms with Crippen molar-refractivity contribution in [2.45, 2.75) is 13.3 Å². The van der Waals surface area contributed by atoms with Crippen molar-refractivity contribution in [3.63, 3.8) is 0 Å². The molecule has 1 saturated heterocycles. The summed E-state index contributed by atoms with van der Waals surface area (Å²) in [5.41, 5.74) is 0.750. The predicted molar refractivity (Wildman–Crippen MR) is 36.3 cm³/mol. The van der Waals surface area contributed by atoms with Crippen molar-refractivity contribution in [1.82, 2.24) is 5.32 Å². The van der Waals surface area contributed by atoms with Crippen molar-refractivity contribution in [3.05, 3.63) is 0 Å². The number of piperidine rings is 1. The van der Waals surface area contributed by atoms with Crippen LogP contribution in [0.5, 0.6) is 0 Å². The average Bonchev–Trinajstić information content (AvgIpc) is 2.09. The van der Waals surface area contributed by atoms with Gasteiger partial charge in [0.2, 0.25) is 0 Å². The molecule has 0 aromatic rings. The van der Waals surface area contributed by atoms with Crippen LogP contribution in [0.3, 0.4) is 0 Å². The molecule has 2 aliphatic rings. The average molecular weight is 134 g/mol. The maximum atomic E-state index is 3.36. The van der Waals surface area contributed by atoms with Crippen LogP contribution in [0.2, 0.25) is 0 Å². The van der Waals surface area contributed by atoms with Crippen molar-refractivity contribution in [2.75, 3.05) is 13.1 Å². The molecule has 1 aliphatic heterocycles. The van der Waals surface area contributed by atoms with Crippen LogP contribution in [-0.4, -0.2) is 13.1 Å². The first kappa shape index (κ1) is 6.37. The highest BCUT2D eigenvalue weighted by molar-refractivity contribution is 5.85. The highest BCUT2D eigenvalue weighted by atomic mass is 35.5. The summed E-state index contributed by atoms with van der Waals surface area (Å²) >= 11 is 0. The number of halogens is 1. The summed E-state index contributed by atoms with van der Waals surface area (Å²) in [6.45, 7) is 4.94. The van der Waals surface area contributed by atoms with E-state index in [9.17, 15) is 0 Å². The number of hydrogen-bond acceptors (Lipinski definition) is 1. The second-order valence-corrected chi connectivity index (χ2v) is 3.19. The van der Waals surface area contributed by atoms with Gasteiger partial charge in [-0.25, -0.2) is 0 Å². The second kappa shape index (κ2) is 1.61. The largest absolute Gasteiger partial charge is 0.316 e. The van der Waals surface area contributed by atoms with Crippen LogP contribution in [0, 0.1) is 11.3 Å². The Balaban J connectivity index is 0.000000320. The minimum absolute atomic E-state index is 0. The van der Waals surface area contributed by atoms with Gasteiger partial charge >= 0.3 is 0 Å². The van der Waals surface area contributed by atoms with Gasteiger partial charge in [-0.1, -0.05) is 6.92 Å². The van der Waals surface area contributed by atoms with E-state index in [0.717, 1.165) is 11.3 Å². The molecule has 0 bridgehead atoms. The standard InChI is InChI=1S/C6H11N.ClH/c1-6-2-5(6)3-7-4-6;/h5,7H,2-4H2,1H3;1H/t5?,6-;/m1./s1. The lowest BCUT2D eigenvalue weighted by atomic mass is 10.1. The van der Waals surface area contributed by atoms with Crippen molar-refractivity contribution in [1.29, 1.82) is 0 Å². The maximum absolute atomic E-state index is 3.36. The Morgan fingerprint density at radius 2 is 2.38 bits per heavy atom. The molecule has 1 saturated carbocycles. The smallest absolute Gasteiger partial charge is 0.000853 e. The van der Waals surface area contributed by atoms with E-state index in [1.54, 1.807) is 0 Å². The molecule has 2 fully saturated rings. The highest BCUT2D eigenvalue weighted by Crippen LogP contribution is 2.54. The summed E-state index contributed by atoms with van der Waals surface area (Å²) in [6, 6.07) is 0. The third kappa shape index (κ3) is 0.652. The molecule has 2 atom stereocenters. The molecule has 2 rings (SSSR count). The van der Waals surface area contributed by atoms with Crippen LogP contribution in [0.1, 0.15) is 13.3 Å². The monoisotopic (exact) mass is 133 g/mol. The lowest BCUT2D eigenvalue weighted by Gasteiger charge is -1.97. The molecule has 0 aromatic carbocycles. The fraction of sp³-hybridized carbons (Fsp3) is 1.00. The number of nitrogens with one attached hydrogen (secondary N) is 1. The van der Waals surface area contributed by atoms with Gasteiger partial charge in [0.15, 0.2) is 0 Å². The lowest BCUT2D eigenvalue weighted by Crippen LogP contribution is -2.13. The molecule has 2 heteroatoms. The summed E-state index contributed by atoms with van der Waals surface area (Å²) in [5.74, 6) is 1.05. The van der Waals surface area contributed by atoms with E-state index in [4.69, 9.17) is 0 Å². The molecule has 1 heterocycles. The quantitative estimate of drug-likeness (QED) is 0.521. The van der Waals surface area contributed by atoms with Gasteiger partial charge in [0.1, 0.15) is 0 Å². The zero-order valence-corrected chi connectivity index (χ0v) is 5.92. The fourth-order valence-corrected chi connectivity index (χ4v) is 1.57. The van der Waals surface area contributed by atoms with Gasteiger partial charge in [-0.05, 0) is 24.3 Å². The summed E-state index contributed by atoms with van der Waals surface area (Å²) in [7, 11) is 0. The van der Waals surface area contributed by atoms with E-state index in [1.165, 1.54) is 19.5 Å². The van der Waals surface area contributed by atoms with Gasteiger partial charge in [-0.2, -0.15) is 0 Å². The van der Waals surface area contributed by atoms with Crippen LogP contribution in [0.15, 0.2) is 0 Å². The molecular weight excluding hydrogens is 122 g/mol. The molecule has 0 amide bonds. The van der Waals surface area contributed by atoms with Crippen LogP contribution in [-0.2, 0) is 0 Å². The van der Waals surface area contributed by atoms with Crippen LogP contribution >= 0.6 is 12.4 Å². The Kier molecular flexibility index (Phi) is 1.28. The first-order chi connectivity index (χ1) is 3.31. The van der Waals surface area contributed by atoms with Crippen LogP contribution in [0.25, 0.3) is 0 Å². The van der Waals surface area contributed by atoms with Crippen LogP contribution in [0.4, 0.5) is 0 Å². The maximum Gasteiger partial charge on any atom is 0.000853 e. The van der Waals surface area contributed by atoms with Gasteiger partial charge < -0.3 is 5.32 Å². The summed E-state index contributed by atoms with van der Waals surface area (Å²) in [6.07, 6.45) is 1.49. The fourth-order valence-electron chi connectivity index (χ4n) is 1.57. The Bertz CT molecular complexity index is 103. The molecular formula is C6H12ClN. The van der Waals surface area contributed by atoms with E-state index in [0.29, 0.717) is 0 Å². The molecule has 1 N–H and O–H groups in total. The van der Waals surface area contributed by atoms with Crippen molar-refractivity contribution in [2.24, 2.45) is 11.3 Å². The number of hydrogen-bond donors (Lipinski definition) is 1. The molecule has 1 aliphatic carbocycles. The second-order valence-electron chi connectivity index (χ2n) is 3.19. The zero-order chi connectivity index (χ0) is 4.91. The first-order valence-electron chi connectivity index (χ1n) is 3.02. The zero-order valence-electron chi connectivity index (χ0n) is 5.11. The number of fused-ring (bicyclic) bond motifs is 1. The Labute approximate surface area is 56.3 Å². The van der Waals surface area contributed by atoms with E-state index in [2.05, 4.69) is 12.2 Å². The van der Waals surface area contributed by atoms with Gasteiger partial charge in [0.05, 0.1) is 0 Å². The highest BCUT2D eigenvalue weighted by Gasteiger charge is 2.52. The minimum atomic E-state index is 0. The van der Waals surface area contributed by atoms with E-state index >= 15 is 0 Å². The van der Waals surface area contributed by atoms with Crippen molar-refractivity contribution < 1.29 is 0 Å². The normalized spacial score (nSPS) is 49.9. The van der Waals surface area contributed by atoms with Crippen molar-refractivity contribution >= 4 is 12.4 Å². The van der Waals surface area contributed by atoms with Gasteiger partial charge in [-0.15, -0.1) is 12.4 Å². The third-order valence-electron chi connectivity index (χ3n) is 2.46. The van der Waals surface area contributed by atoms with E-state index in [1.807, 2.05) is 0 Å². The molecule has 0 aromatic heterocycles. The van der Waals surface area contributed by atoms with Gasteiger partial charge in [0.25, 0.3) is 0 Å². The Morgan fingerprint density at radius 3 is 2.50 bits per heavy atom. The summed E-state index contributed by atoms with van der Waals surface area (Å²) in [4.78, 5) is 0. The molecule has 1 nitrogen and oxygen atoms in total. The van der Waals surface area contributed by atoms with E-state index in [-0.39, 0.29) is 12.4 Å². The summed E-state index contributed by atoms with van der Waals surface area (Å²) in [5, 5.41) is 3.36. The van der Waals surface area contributed by atoms with Crippen LogP contribution < -0.4 is 5.32 Å². The minimum Gasteiger partial charge on any atom is -0.316 e. The molecule has 0 radical (unpaired) electrons.